The van der Waals surface area contributed by atoms with Gasteiger partial charge in [-0.25, -0.2) is 4.98 Å². The van der Waals surface area contributed by atoms with Gasteiger partial charge in [0, 0.05) is 18.1 Å². The summed E-state index contributed by atoms with van der Waals surface area (Å²) in [6.45, 7) is 0.741. The maximum absolute atomic E-state index is 12.3. The van der Waals surface area contributed by atoms with E-state index in [0.717, 1.165) is 29.1 Å². The van der Waals surface area contributed by atoms with Crippen molar-refractivity contribution in [3.8, 4) is 0 Å². The largest absolute Gasteiger partial charge is 0.397 e. The maximum atomic E-state index is 12.3. The van der Waals surface area contributed by atoms with Crippen LogP contribution < -0.4 is 11.1 Å². The zero-order valence-corrected chi connectivity index (χ0v) is 12.9. The molecule has 0 aromatic carbocycles. The fourth-order valence-corrected chi connectivity index (χ4v) is 4.05. The highest BCUT2D eigenvalue weighted by atomic mass is 32.1. The quantitative estimate of drug-likeness (QED) is 0.907. The fraction of sp³-hybridized carbons (Fsp3) is 0.500. The number of amides is 1. The molecule has 0 unspecified atom stereocenters. The third kappa shape index (κ3) is 3.18. The number of nitrogens with two attached hydrogens (primary N) is 1. The molecule has 2 aromatic rings. The SMILES string of the molecule is Nc1c(C(=O)NCCC2CCCCC2)sc2ncccc12. The molecule has 5 heteroatoms. The number of nitrogens with zero attached hydrogens (tertiary/aromatic N) is 1. The van der Waals surface area contributed by atoms with Gasteiger partial charge in [-0.15, -0.1) is 11.3 Å². The number of pyridine rings is 1. The summed E-state index contributed by atoms with van der Waals surface area (Å²) >= 11 is 1.37. The summed E-state index contributed by atoms with van der Waals surface area (Å²) in [5.74, 6) is 0.715. The van der Waals surface area contributed by atoms with E-state index in [9.17, 15) is 4.79 Å². The van der Waals surface area contributed by atoms with Gasteiger partial charge in [-0.1, -0.05) is 32.1 Å². The van der Waals surface area contributed by atoms with Gasteiger partial charge in [-0.3, -0.25) is 4.79 Å². The molecule has 1 saturated carbocycles. The van der Waals surface area contributed by atoms with Gasteiger partial charge in [-0.05, 0) is 24.5 Å². The highest BCUT2D eigenvalue weighted by Gasteiger charge is 2.17. The Balaban J connectivity index is 1.60. The minimum absolute atomic E-state index is 0.0636. The normalized spacial score (nSPS) is 16.2. The molecule has 0 bridgehead atoms. The molecular formula is C16H21N3OS. The van der Waals surface area contributed by atoms with Gasteiger partial charge in [0.15, 0.2) is 0 Å². The Morgan fingerprint density at radius 2 is 2.19 bits per heavy atom. The van der Waals surface area contributed by atoms with E-state index in [0.29, 0.717) is 10.6 Å². The first kappa shape index (κ1) is 14.3. The predicted octanol–water partition coefficient (Wildman–Crippen LogP) is 3.58. The summed E-state index contributed by atoms with van der Waals surface area (Å²) in [6.07, 6.45) is 9.47. The van der Waals surface area contributed by atoms with Crippen molar-refractivity contribution in [1.82, 2.24) is 10.3 Å². The number of anilines is 1. The van der Waals surface area contributed by atoms with Crippen LogP contribution in [0.2, 0.25) is 0 Å². The minimum Gasteiger partial charge on any atom is -0.397 e. The van der Waals surface area contributed by atoms with Crippen molar-refractivity contribution in [3.63, 3.8) is 0 Å². The van der Waals surface area contributed by atoms with Crippen molar-refractivity contribution >= 4 is 33.1 Å². The summed E-state index contributed by atoms with van der Waals surface area (Å²) in [5, 5.41) is 3.89. The van der Waals surface area contributed by atoms with E-state index in [1.807, 2.05) is 12.1 Å². The van der Waals surface area contributed by atoms with Crippen molar-refractivity contribution in [2.75, 3.05) is 12.3 Å². The fourth-order valence-electron chi connectivity index (χ4n) is 3.07. The number of nitrogens with one attached hydrogen (secondary N) is 1. The highest BCUT2D eigenvalue weighted by Crippen LogP contribution is 2.32. The molecule has 1 aliphatic rings. The monoisotopic (exact) mass is 303 g/mol. The standard InChI is InChI=1S/C16H21N3OS/c17-13-12-7-4-9-19-16(12)21-14(13)15(20)18-10-8-11-5-2-1-3-6-11/h4,7,9,11H,1-3,5-6,8,10,17H2,(H,18,20). The average Bonchev–Trinajstić information content (AvgIpc) is 2.86. The van der Waals surface area contributed by atoms with Crippen molar-refractivity contribution in [3.05, 3.63) is 23.2 Å². The van der Waals surface area contributed by atoms with Crippen LogP contribution in [0.25, 0.3) is 10.2 Å². The first-order valence-electron chi connectivity index (χ1n) is 7.67. The molecule has 112 valence electrons. The van der Waals surface area contributed by atoms with Crippen LogP contribution in [0, 0.1) is 5.92 Å². The van der Waals surface area contributed by atoms with Crippen LogP contribution in [-0.2, 0) is 0 Å². The molecule has 0 aliphatic heterocycles. The van der Waals surface area contributed by atoms with Gasteiger partial charge < -0.3 is 11.1 Å². The van der Waals surface area contributed by atoms with E-state index < -0.39 is 0 Å². The molecule has 2 aromatic heterocycles. The number of carbonyl (C=O) groups is 1. The van der Waals surface area contributed by atoms with Crippen LogP contribution in [0.3, 0.4) is 0 Å². The first-order valence-corrected chi connectivity index (χ1v) is 8.48. The number of hydrogen-bond acceptors (Lipinski definition) is 4. The summed E-state index contributed by atoms with van der Waals surface area (Å²) in [7, 11) is 0. The van der Waals surface area contributed by atoms with E-state index in [2.05, 4.69) is 10.3 Å². The second-order valence-corrected chi connectivity index (χ2v) is 6.75. The van der Waals surface area contributed by atoms with Crippen molar-refractivity contribution < 1.29 is 4.79 Å². The van der Waals surface area contributed by atoms with Crippen molar-refractivity contribution in [2.45, 2.75) is 38.5 Å². The Labute approximate surface area is 128 Å². The van der Waals surface area contributed by atoms with Crippen LogP contribution >= 0.6 is 11.3 Å². The highest BCUT2D eigenvalue weighted by molar-refractivity contribution is 7.21. The van der Waals surface area contributed by atoms with Gasteiger partial charge in [0.1, 0.15) is 9.71 Å². The van der Waals surface area contributed by atoms with Gasteiger partial charge in [0.05, 0.1) is 5.69 Å². The van der Waals surface area contributed by atoms with Crippen LogP contribution in [-0.4, -0.2) is 17.4 Å². The van der Waals surface area contributed by atoms with Gasteiger partial charge in [0.2, 0.25) is 0 Å². The molecule has 1 aliphatic carbocycles. The topological polar surface area (TPSA) is 68.0 Å². The number of fused-ring (bicyclic) bond motifs is 1. The molecule has 1 amide bonds. The molecule has 0 radical (unpaired) electrons. The molecule has 4 nitrogen and oxygen atoms in total. The van der Waals surface area contributed by atoms with E-state index in [-0.39, 0.29) is 5.91 Å². The molecule has 3 N–H and O–H groups in total. The molecule has 0 spiro atoms. The van der Waals surface area contributed by atoms with Crippen LogP contribution in [0.1, 0.15) is 48.2 Å². The number of thiophene rings is 1. The number of rotatable bonds is 4. The second-order valence-electron chi connectivity index (χ2n) is 5.75. The average molecular weight is 303 g/mol. The summed E-state index contributed by atoms with van der Waals surface area (Å²) in [5.41, 5.74) is 6.62. The van der Waals surface area contributed by atoms with Crippen LogP contribution in [0.4, 0.5) is 5.69 Å². The Morgan fingerprint density at radius 3 is 2.95 bits per heavy atom. The number of carbonyl (C=O) groups excluding carboxylic acids is 1. The zero-order valence-electron chi connectivity index (χ0n) is 12.1. The number of hydrogen-bond donors (Lipinski definition) is 2. The van der Waals surface area contributed by atoms with Crippen molar-refractivity contribution in [1.29, 1.82) is 0 Å². The predicted molar refractivity (Wildman–Crippen MR) is 87.6 cm³/mol. The lowest BCUT2D eigenvalue weighted by Crippen LogP contribution is -2.26. The van der Waals surface area contributed by atoms with E-state index >= 15 is 0 Å². The first-order chi connectivity index (χ1) is 10.3. The van der Waals surface area contributed by atoms with Crippen molar-refractivity contribution in [2.24, 2.45) is 5.92 Å². The Kier molecular flexibility index (Phi) is 4.39. The molecule has 0 atom stereocenters. The zero-order chi connectivity index (χ0) is 14.7. The molecule has 2 heterocycles. The summed E-state index contributed by atoms with van der Waals surface area (Å²) in [4.78, 5) is 17.9. The number of aromatic nitrogens is 1. The second kappa shape index (κ2) is 6.43. The van der Waals surface area contributed by atoms with Gasteiger partial charge in [-0.2, -0.15) is 0 Å². The summed E-state index contributed by atoms with van der Waals surface area (Å²) < 4.78 is 0. The molecule has 21 heavy (non-hydrogen) atoms. The lowest BCUT2D eigenvalue weighted by Gasteiger charge is -2.21. The van der Waals surface area contributed by atoms with E-state index in [4.69, 9.17) is 5.73 Å². The lowest BCUT2D eigenvalue weighted by atomic mass is 9.87. The third-order valence-electron chi connectivity index (χ3n) is 4.27. The Bertz CT molecular complexity index is 631. The maximum Gasteiger partial charge on any atom is 0.263 e. The van der Waals surface area contributed by atoms with Crippen LogP contribution in [0.15, 0.2) is 18.3 Å². The Hall–Kier alpha value is -1.62. The van der Waals surface area contributed by atoms with Gasteiger partial charge >= 0.3 is 0 Å². The molecular weight excluding hydrogens is 282 g/mol. The minimum atomic E-state index is -0.0636. The smallest absolute Gasteiger partial charge is 0.263 e. The van der Waals surface area contributed by atoms with Crippen LogP contribution in [0.5, 0.6) is 0 Å². The number of nitrogen functional groups attached to an aromatic ring is 1. The lowest BCUT2D eigenvalue weighted by molar-refractivity contribution is 0.0955. The van der Waals surface area contributed by atoms with E-state index in [1.165, 1.54) is 43.4 Å². The summed E-state index contributed by atoms with van der Waals surface area (Å²) in [6, 6.07) is 3.75. The van der Waals surface area contributed by atoms with Gasteiger partial charge in [0.25, 0.3) is 5.91 Å². The Morgan fingerprint density at radius 1 is 1.38 bits per heavy atom. The van der Waals surface area contributed by atoms with E-state index in [1.54, 1.807) is 6.20 Å². The molecule has 1 fully saturated rings. The molecule has 3 rings (SSSR count). The molecule has 0 saturated heterocycles. The third-order valence-corrected chi connectivity index (χ3v) is 5.40.